The first-order chi connectivity index (χ1) is 10.5. The number of hydrogen-bond donors (Lipinski definition) is 2. The fourth-order valence-corrected chi connectivity index (χ4v) is 2.55. The van der Waals surface area contributed by atoms with Gasteiger partial charge in [0.15, 0.2) is 0 Å². The fourth-order valence-electron chi connectivity index (χ4n) is 2.55. The predicted molar refractivity (Wildman–Crippen MR) is 89.7 cm³/mol. The molecule has 118 valence electrons. The molecule has 0 aliphatic carbocycles. The highest BCUT2D eigenvalue weighted by atomic mass is 16.5. The topological polar surface area (TPSA) is 68.1 Å². The summed E-state index contributed by atoms with van der Waals surface area (Å²) in [5, 5.41) is 1.17. The van der Waals surface area contributed by atoms with Crippen LogP contribution in [-0.4, -0.2) is 23.6 Å². The third-order valence-electron chi connectivity index (χ3n) is 3.63. The first-order valence-electron chi connectivity index (χ1n) is 7.66. The molecule has 2 aromatic rings. The van der Waals surface area contributed by atoms with E-state index in [2.05, 4.69) is 31.0 Å². The Morgan fingerprint density at radius 1 is 1.36 bits per heavy atom. The Bertz CT molecular complexity index is 681. The molecule has 22 heavy (non-hydrogen) atoms. The largest absolute Gasteiger partial charge is 0.465 e. The molecule has 0 aliphatic rings. The van der Waals surface area contributed by atoms with Crippen molar-refractivity contribution in [2.24, 2.45) is 5.73 Å². The van der Waals surface area contributed by atoms with Gasteiger partial charge in [0.2, 0.25) is 0 Å². The van der Waals surface area contributed by atoms with E-state index in [1.807, 2.05) is 18.3 Å². The number of benzene rings is 1. The Morgan fingerprint density at radius 2 is 2.14 bits per heavy atom. The maximum Gasteiger partial charge on any atom is 0.323 e. The Kier molecular flexibility index (Phi) is 5.39. The predicted octanol–water partition coefficient (Wildman–Crippen LogP) is 3.11. The van der Waals surface area contributed by atoms with E-state index in [4.69, 9.17) is 10.5 Å². The van der Waals surface area contributed by atoms with Crippen LogP contribution >= 0.6 is 0 Å². The minimum Gasteiger partial charge on any atom is -0.465 e. The number of hydrogen-bond acceptors (Lipinski definition) is 3. The van der Waals surface area contributed by atoms with Crippen LogP contribution in [0.5, 0.6) is 0 Å². The Hall–Kier alpha value is -2.07. The first kappa shape index (κ1) is 16.3. The molecule has 4 nitrogen and oxygen atoms in total. The van der Waals surface area contributed by atoms with Crippen molar-refractivity contribution in [3.05, 3.63) is 47.2 Å². The number of nitrogens with two attached hydrogens (primary N) is 1. The van der Waals surface area contributed by atoms with Gasteiger partial charge < -0.3 is 15.5 Å². The van der Waals surface area contributed by atoms with Crippen molar-refractivity contribution in [2.45, 2.75) is 39.7 Å². The lowest BCUT2D eigenvalue weighted by atomic mass is 9.99. The maximum atomic E-state index is 11.7. The average molecular weight is 300 g/mol. The minimum absolute atomic E-state index is 0.348. The number of fused-ring (bicyclic) bond motifs is 1. The molecule has 1 heterocycles. The summed E-state index contributed by atoms with van der Waals surface area (Å²) in [5.41, 5.74) is 10.6. The lowest BCUT2D eigenvalue weighted by Gasteiger charge is -2.11. The summed E-state index contributed by atoms with van der Waals surface area (Å²) < 4.78 is 4.99. The smallest absolute Gasteiger partial charge is 0.323 e. The molecule has 2 rings (SSSR count). The summed E-state index contributed by atoms with van der Waals surface area (Å²) in [7, 11) is 0. The highest BCUT2D eigenvalue weighted by Gasteiger charge is 2.18. The van der Waals surface area contributed by atoms with E-state index in [-0.39, 0.29) is 5.97 Å². The van der Waals surface area contributed by atoms with Crippen LogP contribution in [-0.2, 0) is 22.4 Å². The summed E-state index contributed by atoms with van der Waals surface area (Å²) in [6.07, 6.45) is 5.50. The molecule has 0 saturated heterocycles. The molecule has 0 fully saturated rings. The van der Waals surface area contributed by atoms with Crippen LogP contribution in [0.4, 0.5) is 0 Å². The van der Waals surface area contributed by atoms with Gasteiger partial charge in [0.1, 0.15) is 6.04 Å². The van der Waals surface area contributed by atoms with Gasteiger partial charge in [-0.25, -0.2) is 0 Å². The fraction of sp³-hybridized carbons (Fsp3) is 0.389. The zero-order valence-corrected chi connectivity index (χ0v) is 13.5. The number of rotatable bonds is 6. The molecule has 0 aliphatic heterocycles. The second kappa shape index (κ2) is 7.27. The van der Waals surface area contributed by atoms with Gasteiger partial charge in [-0.2, -0.15) is 0 Å². The summed E-state index contributed by atoms with van der Waals surface area (Å²) in [5.74, 6) is -0.348. The molecule has 0 saturated carbocycles. The summed E-state index contributed by atoms with van der Waals surface area (Å²) in [4.78, 5) is 15.0. The lowest BCUT2D eigenvalue weighted by Crippen LogP contribution is -2.34. The Morgan fingerprint density at radius 3 is 2.82 bits per heavy atom. The van der Waals surface area contributed by atoms with Crippen molar-refractivity contribution in [3.8, 4) is 0 Å². The normalized spacial score (nSPS) is 12.2. The maximum absolute atomic E-state index is 11.7. The van der Waals surface area contributed by atoms with Gasteiger partial charge in [0.05, 0.1) is 6.61 Å². The van der Waals surface area contributed by atoms with Gasteiger partial charge in [0.25, 0.3) is 0 Å². The van der Waals surface area contributed by atoms with Gasteiger partial charge in [-0.1, -0.05) is 23.8 Å². The molecule has 0 radical (unpaired) electrons. The quantitative estimate of drug-likeness (QED) is 0.636. The number of aromatic nitrogens is 1. The van der Waals surface area contributed by atoms with E-state index < -0.39 is 6.04 Å². The standard InChI is InChI=1S/C18H24N2O2/c1-4-22-18(21)15(19)10-14-11-20-16-7-5-6-13(17(14)16)9-8-12(2)3/h5-8,11,15,20H,4,9-10,19H2,1-3H3/t15-/m0/s1. The number of nitrogens with one attached hydrogen (secondary N) is 1. The molecule has 1 atom stereocenters. The summed E-state index contributed by atoms with van der Waals surface area (Å²) >= 11 is 0. The Balaban J connectivity index is 2.30. The second-order valence-electron chi connectivity index (χ2n) is 5.70. The molecule has 1 aromatic carbocycles. The van der Waals surface area contributed by atoms with Gasteiger partial charge in [-0.3, -0.25) is 4.79 Å². The van der Waals surface area contributed by atoms with E-state index in [1.54, 1.807) is 6.92 Å². The summed E-state index contributed by atoms with van der Waals surface area (Å²) in [6, 6.07) is 5.58. The van der Waals surface area contributed by atoms with Crippen molar-refractivity contribution in [2.75, 3.05) is 6.61 Å². The van der Waals surface area contributed by atoms with Crippen LogP contribution in [0.1, 0.15) is 31.9 Å². The van der Waals surface area contributed by atoms with E-state index in [0.29, 0.717) is 13.0 Å². The molecule has 4 heteroatoms. The third kappa shape index (κ3) is 3.77. The average Bonchev–Trinajstić information content (AvgIpc) is 2.89. The number of carbonyl (C=O) groups excluding carboxylic acids is 1. The van der Waals surface area contributed by atoms with Gasteiger partial charge in [-0.15, -0.1) is 0 Å². The van der Waals surface area contributed by atoms with Crippen LogP contribution < -0.4 is 5.73 Å². The number of aromatic amines is 1. The van der Waals surface area contributed by atoms with Crippen LogP contribution in [0.15, 0.2) is 36.0 Å². The molecule has 1 aromatic heterocycles. The van der Waals surface area contributed by atoms with Gasteiger partial charge in [0, 0.05) is 23.5 Å². The van der Waals surface area contributed by atoms with Crippen LogP contribution in [0, 0.1) is 0 Å². The number of ether oxygens (including phenoxy) is 1. The van der Waals surface area contributed by atoms with E-state index >= 15 is 0 Å². The van der Waals surface area contributed by atoms with E-state index in [0.717, 1.165) is 17.5 Å². The van der Waals surface area contributed by atoms with Crippen LogP contribution in [0.2, 0.25) is 0 Å². The highest BCUT2D eigenvalue weighted by molar-refractivity contribution is 5.88. The van der Waals surface area contributed by atoms with E-state index in [9.17, 15) is 4.79 Å². The second-order valence-corrected chi connectivity index (χ2v) is 5.70. The highest BCUT2D eigenvalue weighted by Crippen LogP contribution is 2.24. The van der Waals surface area contributed by atoms with Crippen LogP contribution in [0.25, 0.3) is 10.9 Å². The molecular weight excluding hydrogens is 276 g/mol. The van der Waals surface area contributed by atoms with Crippen molar-refractivity contribution >= 4 is 16.9 Å². The van der Waals surface area contributed by atoms with Gasteiger partial charge >= 0.3 is 5.97 Å². The van der Waals surface area contributed by atoms with E-state index in [1.165, 1.54) is 16.5 Å². The first-order valence-corrected chi connectivity index (χ1v) is 7.66. The third-order valence-corrected chi connectivity index (χ3v) is 3.63. The van der Waals surface area contributed by atoms with Gasteiger partial charge in [-0.05, 0) is 44.4 Å². The van der Waals surface area contributed by atoms with Crippen molar-refractivity contribution in [1.82, 2.24) is 4.98 Å². The molecule has 3 N–H and O–H groups in total. The zero-order chi connectivity index (χ0) is 16.1. The number of allylic oxidation sites excluding steroid dienone is 2. The molecular formula is C18H24N2O2. The number of carbonyl (C=O) groups is 1. The molecule has 0 spiro atoms. The Labute approximate surface area is 131 Å². The molecule has 0 unspecified atom stereocenters. The summed E-state index contributed by atoms with van der Waals surface area (Å²) in [6.45, 7) is 6.32. The molecule has 0 bridgehead atoms. The number of H-pyrrole nitrogens is 1. The SMILES string of the molecule is CCOC(=O)[C@@H](N)Cc1c[nH]c2cccc(CC=C(C)C)c12. The van der Waals surface area contributed by atoms with Crippen LogP contribution in [0.3, 0.4) is 0 Å². The monoisotopic (exact) mass is 300 g/mol. The lowest BCUT2D eigenvalue weighted by molar-refractivity contribution is -0.144. The van der Waals surface area contributed by atoms with Crippen molar-refractivity contribution < 1.29 is 9.53 Å². The van der Waals surface area contributed by atoms with Crippen molar-refractivity contribution in [1.29, 1.82) is 0 Å². The minimum atomic E-state index is -0.629. The molecule has 0 amide bonds. The van der Waals surface area contributed by atoms with Crippen molar-refractivity contribution in [3.63, 3.8) is 0 Å². The zero-order valence-electron chi connectivity index (χ0n) is 13.5. The number of esters is 1.